The zero-order chi connectivity index (χ0) is 9.61. The van der Waals surface area contributed by atoms with Gasteiger partial charge in [0.15, 0.2) is 0 Å². The second-order valence-corrected chi connectivity index (χ2v) is 3.26. The van der Waals surface area contributed by atoms with Gasteiger partial charge in [-0.3, -0.25) is 4.79 Å². The molecule has 71 valence electrons. The van der Waals surface area contributed by atoms with E-state index in [9.17, 15) is 4.79 Å². The summed E-state index contributed by atoms with van der Waals surface area (Å²) in [6.45, 7) is 7.82. The van der Waals surface area contributed by atoms with E-state index in [0.29, 0.717) is 0 Å². The van der Waals surface area contributed by atoms with E-state index in [1.807, 2.05) is 13.8 Å². The second-order valence-electron chi connectivity index (χ2n) is 3.26. The van der Waals surface area contributed by atoms with Crippen LogP contribution < -0.4 is 0 Å². The van der Waals surface area contributed by atoms with Crippen LogP contribution in [0.3, 0.4) is 0 Å². The topological polar surface area (TPSA) is 26.3 Å². The van der Waals surface area contributed by atoms with Gasteiger partial charge in [0.05, 0.1) is 6.42 Å². The Morgan fingerprint density at radius 3 is 2.42 bits per heavy atom. The monoisotopic (exact) mass is 171 g/mol. The quantitative estimate of drug-likeness (QED) is 0.594. The number of ether oxygens (including phenoxy) is 1. The molecular weight excluding hydrogens is 152 g/mol. The molecule has 0 bridgehead atoms. The zero-order valence-electron chi connectivity index (χ0n) is 8.52. The van der Waals surface area contributed by atoms with Crippen molar-refractivity contribution in [3.05, 3.63) is 6.42 Å². The summed E-state index contributed by atoms with van der Waals surface area (Å²) in [7, 11) is 0. The molecule has 12 heavy (non-hydrogen) atoms. The average Bonchev–Trinajstić information content (AvgIpc) is 2.05. The first-order valence-corrected chi connectivity index (χ1v) is 4.60. The number of carbonyl (C=O) groups is 1. The van der Waals surface area contributed by atoms with Gasteiger partial charge in [0, 0.05) is 0 Å². The van der Waals surface area contributed by atoms with Crippen molar-refractivity contribution < 1.29 is 9.53 Å². The number of hydrogen-bond donors (Lipinski definition) is 0. The van der Waals surface area contributed by atoms with Gasteiger partial charge in [-0.2, -0.15) is 0 Å². The minimum absolute atomic E-state index is 0.215. The van der Waals surface area contributed by atoms with Crippen LogP contribution in [0.15, 0.2) is 0 Å². The van der Waals surface area contributed by atoms with Crippen molar-refractivity contribution in [2.24, 2.45) is 0 Å². The summed E-state index contributed by atoms with van der Waals surface area (Å²) < 4.78 is 5.28. The van der Waals surface area contributed by atoms with Crippen molar-refractivity contribution in [2.45, 2.75) is 52.6 Å². The smallest absolute Gasteiger partial charge is 0.310 e. The van der Waals surface area contributed by atoms with Gasteiger partial charge < -0.3 is 4.74 Å². The minimum atomic E-state index is -0.266. The van der Waals surface area contributed by atoms with Crippen LogP contribution in [0.25, 0.3) is 0 Å². The highest BCUT2D eigenvalue weighted by Gasteiger charge is 2.24. The molecule has 0 aliphatic carbocycles. The molecule has 0 N–H and O–H groups in total. The summed E-state index contributed by atoms with van der Waals surface area (Å²) in [5.41, 5.74) is -0.266. The highest BCUT2D eigenvalue weighted by atomic mass is 16.6. The lowest BCUT2D eigenvalue weighted by molar-refractivity contribution is -0.154. The second kappa shape index (κ2) is 5.18. The fourth-order valence-electron chi connectivity index (χ4n) is 1.13. The summed E-state index contributed by atoms with van der Waals surface area (Å²) in [5, 5.41) is 0. The molecule has 0 rings (SSSR count). The maximum Gasteiger partial charge on any atom is 0.310 e. The van der Waals surface area contributed by atoms with Gasteiger partial charge in [-0.05, 0) is 19.8 Å². The third-order valence-corrected chi connectivity index (χ3v) is 2.11. The van der Waals surface area contributed by atoms with Crippen LogP contribution in [0.5, 0.6) is 0 Å². The van der Waals surface area contributed by atoms with Crippen molar-refractivity contribution in [1.29, 1.82) is 0 Å². The molecule has 0 aromatic heterocycles. The number of carbonyl (C=O) groups excluding carboxylic acids is 1. The van der Waals surface area contributed by atoms with Gasteiger partial charge in [-0.1, -0.05) is 27.2 Å². The zero-order valence-corrected chi connectivity index (χ0v) is 8.52. The van der Waals surface area contributed by atoms with Crippen molar-refractivity contribution in [3.63, 3.8) is 0 Å². The minimum Gasteiger partial charge on any atom is -0.459 e. The first-order valence-electron chi connectivity index (χ1n) is 4.60. The highest BCUT2D eigenvalue weighted by molar-refractivity contribution is 5.78. The SMILES string of the molecule is C[CH]C(=O)OC(C)(CC)CCC. The number of hydrogen-bond acceptors (Lipinski definition) is 2. The van der Waals surface area contributed by atoms with Crippen LogP contribution in [0.2, 0.25) is 0 Å². The molecule has 0 aliphatic heterocycles. The van der Waals surface area contributed by atoms with Crippen molar-refractivity contribution in [2.75, 3.05) is 0 Å². The molecular formula is C10H19O2. The lowest BCUT2D eigenvalue weighted by atomic mass is 9.97. The molecule has 1 atom stereocenters. The molecule has 0 aromatic carbocycles. The van der Waals surface area contributed by atoms with Gasteiger partial charge >= 0.3 is 5.97 Å². The highest BCUT2D eigenvalue weighted by Crippen LogP contribution is 2.21. The predicted octanol–water partition coefficient (Wildman–Crippen LogP) is 2.72. The molecule has 0 amide bonds. The Hall–Kier alpha value is -0.530. The molecule has 0 saturated heterocycles. The number of rotatable bonds is 5. The summed E-state index contributed by atoms with van der Waals surface area (Å²) in [6.07, 6.45) is 4.31. The van der Waals surface area contributed by atoms with E-state index in [2.05, 4.69) is 6.92 Å². The fourth-order valence-corrected chi connectivity index (χ4v) is 1.13. The van der Waals surface area contributed by atoms with Crippen LogP contribution >= 0.6 is 0 Å². The van der Waals surface area contributed by atoms with E-state index < -0.39 is 0 Å². The van der Waals surface area contributed by atoms with E-state index >= 15 is 0 Å². The molecule has 1 radical (unpaired) electrons. The largest absolute Gasteiger partial charge is 0.459 e. The van der Waals surface area contributed by atoms with Crippen molar-refractivity contribution in [3.8, 4) is 0 Å². The van der Waals surface area contributed by atoms with E-state index in [-0.39, 0.29) is 11.6 Å². The van der Waals surface area contributed by atoms with Crippen LogP contribution in [-0.2, 0) is 9.53 Å². The van der Waals surface area contributed by atoms with Crippen LogP contribution in [0, 0.1) is 6.42 Å². The molecule has 2 heteroatoms. The normalized spacial score (nSPS) is 15.3. The Morgan fingerprint density at radius 1 is 1.50 bits per heavy atom. The Balaban J connectivity index is 4.03. The van der Waals surface area contributed by atoms with Crippen LogP contribution in [0.1, 0.15) is 47.0 Å². The van der Waals surface area contributed by atoms with Gasteiger partial charge in [0.1, 0.15) is 5.60 Å². The lowest BCUT2D eigenvalue weighted by Gasteiger charge is -2.27. The molecule has 0 aliphatic rings. The molecule has 0 spiro atoms. The number of esters is 1. The summed E-state index contributed by atoms with van der Waals surface area (Å²) in [6, 6.07) is 0. The third-order valence-electron chi connectivity index (χ3n) is 2.11. The first-order chi connectivity index (χ1) is 5.58. The Kier molecular flexibility index (Phi) is 4.95. The maximum atomic E-state index is 11.0. The summed E-state index contributed by atoms with van der Waals surface area (Å²) in [5.74, 6) is -0.215. The lowest BCUT2D eigenvalue weighted by Crippen LogP contribution is -2.30. The van der Waals surface area contributed by atoms with Crippen molar-refractivity contribution >= 4 is 5.97 Å². The van der Waals surface area contributed by atoms with Gasteiger partial charge in [-0.15, -0.1) is 0 Å². The predicted molar refractivity (Wildman–Crippen MR) is 49.7 cm³/mol. The van der Waals surface area contributed by atoms with E-state index in [0.717, 1.165) is 19.3 Å². The molecule has 0 fully saturated rings. The molecule has 0 aromatic rings. The van der Waals surface area contributed by atoms with E-state index in [4.69, 9.17) is 4.74 Å². The first kappa shape index (κ1) is 11.5. The van der Waals surface area contributed by atoms with E-state index in [1.165, 1.54) is 6.42 Å². The van der Waals surface area contributed by atoms with Gasteiger partial charge in [0.25, 0.3) is 0 Å². The Morgan fingerprint density at radius 2 is 2.08 bits per heavy atom. The Bertz CT molecular complexity index is 143. The molecule has 2 nitrogen and oxygen atoms in total. The molecule has 1 unspecified atom stereocenters. The molecule has 0 heterocycles. The van der Waals surface area contributed by atoms with Gasteiger partial charge in [-0.25, -0.2) is 0 Å². The average molecular weight is 171 g/mol. The fraction of sp³-hybridized carbons (Fsp3) is 0.800. The van der Waals surface area contributed by atoms with Crippen LogP contribution in [-0.4, -0.2) is 11.6 Å². The third kappa shape index (κ3) is 3.74. The molecule has 0 saturated carbocycles. The van der Waals surface area contributed by atoms with Crippen molar-refractivity contribution in [1.82, 2.24) is 0 Å². The van der Waals surface area contributed by atoms with Crippen LogP contribution in [0.4, 0.5) is 0 Å². The maximum absolute atomic E-state index is 11.0. The summed E-state index contributed by atoms with van der Waals surface area (Å²) >= 11 is 0. The van der Waals surface area contributed by atoms with Gasteiger partial charge in [0.2, 0.25) is 0 Å². The Labute approximate surface area is 75.3 Å². The van der Waals surface area contributed by atoms with E-state index in [1.54, 1.807) is 6.92 Å². The standard InChI is InChI=1S/C10H19O2/c1-5-8-10(4,7-3)12-9(11)6-2/h6H,5,7-8H2,1-4H3. The summed E-state index contributed by atoms with van der Waals surface area (Å²) in [4.78, 5) is 11.0.